The maximum absolute atomic E-state index is 10.7. The fourth-order valence-electron chi connectivity index (χ4n) is 1.33. The van der Waals surface area contributed by atoms with E-state index in [1.165, 1.54) is 0 Å². The van der Waals surface area contributed by atoms with E-state index < -0.39 is 10.0 Å². The molecule has 0 bridgehead atoms. The van der Waals surface area contributed by atoms with Gasteiger partial charge in [0, 0.05) is 6.54 Å². The molecule has 0 atom stereocenters. The number of nitrogens with two attached hydrogens (primary N) is 2. The Morgan fingerprint density at radius 2 is 2.06 bits per heavy atom. The summed E-state index contributed by atoms with van der Waals surface area (Å²) in [5.41, 5.74) is 8.36. The van der Waals surface area contributed by atoms with Crippen molar-refractivity contribution in [1.29, 1.82) is 0 Å². The average Bonchev–Trinajstić information content (AvgIpc) is 2.17. The number of rotatable bonds is 5. The molecule has 0 saturated heterocycles. The van der Waals surface area contributed by atoms with Crippen molar-refractivity contribution in [3.05, 3.63) is 23.8 Å². The molecule has 1 rings (SSSR count). The van der Waals surface area contributed by atoms with Gasteiger partial charge in [0.05, 0.1) is 17.1 Å². The van der Waals surface area contributed by atoms with Crippen LogP contribution in [0.5, 0.6) is 0 Å². The van der Waals surface area contributed by atoms with E-state index in [0.717, 1.165) is 11.3 Å². The molecule has 6 heteroatoms. The van der Waals surface area contributed by atoms with Gasteiger partial charge in [0.15, 0.2) is 0 Å². The highest BCUT2D eigenvalue weighted by atomic mass is 32.2. The minimum Gasteiger partial charge on any atom is -0.397 e. The SMILES string of the molecule is Cc1cccc(NCCCS(N)(=O)=O)c1N. The number of hydrogen-bond acceptors (Lipinski definition) is 4. The van der Waals surface area contributed by atoms with Crippen molar-refractivity contribution in [2.75, 3.05) is 23.3 Å². The molecule has 0 heterocycles. The summed E-state index contributed by atoms with van der Waals surface area (Å²) >= 11 is 0. The van der Waals surface area contributed by atoms with Crippen molar-refractivity contribution in [2.24, 2.45) is 5.14 Å². The number of nitrogens with one attached hydrogen (secondary N) is 1. The summed E-state index contributed by atoms with van der Waals surface area (Å²) in [7, 11) is -3.37. The van der Waals surface area contributed by atoms with Crippen LogP contribution in [0.15, 0.2) is 18.2 Å². The molecule has 0 aliphatic rings. The molecule has 0 unspecified atom stereocenters. The summed E-state index contributed by atoms with van der Waals surface area (Å²) in [6.07, 6.45) is 0.464. The second-order valence-corrected chi connectivity index (χ2v) is 5.42. The minimum absolute atomic E-state index is 0.0221. The molecule has 0 spiro atoms. The summed E-state index contributed by atoms with van der Waals surface area (Å²) < 4.78 is 21.4. The third kappa shape index (κ3) is 4.08. The minimum atomic E-state index is -3.37. The monoisotopic (exact) mass is 243 g/mol. The van der Waals surface area contributed by atoms with Crippen molar-refractivity contribution >= 4 is 21.4 Å². The van der Waals surface area contributed by atoms with Gasteiger partial charge in [-0.15, -0.1) is 0 Å². The van der Waals surface area contributed by atoms with Crippen molar-refractivity contribution < 1.29 is 8.42 Å². The molecule has 0 aliphatic carbocycles. The molecule has 1 aromatic rings. The van der Waals surface area contributed by atoms with Gasteiger partial charge in [0.25, 0.3) is 0 Å². The van der Waals surface area contributed by atoms with Gasteiger partial charge >= 0.3 is 0 Å². The summed E-state index contributed by atoms with van der Waals surface area (Å²) in [5.74, 6) is -0.0221. The van der Waals surface area contributed by atoms with E-state index in [9.17, 15) is 8.42 Å². The number of nitrogen functional groups attached to an aromatic ring is 1. The van der Waals surface area contributed by atoms with Gasteiger partial charge in [0.2, 0.25) is 10.0 Å². The number of primary sulfonamides is 1. The third-order valence-electron chi connectivity index (χ3n) is 2.25. The van der Waals surface area contributed by atoms with Gasteiger partial charge < -0.3 is 11.1 Å². The van der Waals surface area contributed by atoms with Crippen molar-refractivity contribution in [3.8, 4) is 0 Å². The Balaban J connectivity index is 2.47. The van der Waals surface area contributed by atoms with Crippen LogP contribution in [0.4, 0.5) is 11.4 Å². The Morgan fingerprint density at radius 3 is 2.69 bits per heavy atom. The first-order valence-electron chi connectivity index (χ1n) is 4.99. The molecule has 1 aromatic carbocycles. The molecule has 0 amide bonds. The summed E-state index contributed by atoms with van der Waals surface area (Å²) in [5, 5.41) is 7.97. The van der Waals surface area contributed by atoms with Gasteiger partial charge in [-0.3, -0.25) is 0 Å². The second-order valence-electron chi connectivity index (χ2n) is 3.68. The normalized spacial score (nSPS) is 11.4. The fourth-order valence-corrected chi connectivity index (χ4v) is 1.88. The summed E-state index contributed by atoms with van der Waals surface area (Å²) in [6, 6.07) is 5.68. The molecular weight excluding hydrogens is 226 g/mol. The van der Waals surface area contributed by atoms with Gasteiger partial charge in [-0.05, 0) is 25.0 Å². The van der Waals surface area contributed by atoms with Crippen molar-refractivity contribution in [1.82, 2.24) is 0 Å². The van der Waals surface area contributed by atoms with Crippen molar-refractivity contribution in [2.45, 2.75) is 13.3 Å². The number of para-hydroxylation sites is 1. The molecule has 0 saturated carbocycles. The number of sulfonamides is 1. The van der Waals surface area contributed by atoms with Gasteiger partial charge in [-0.2, -0.15) is 0 Å². The highest BCUT2D eigenvalue weighted by Crippen LogP contribution is 2.21. The highest BCUT2D eigenvalue weighted by molar-refractivity contribution is 7.89. The van der Waals surface area contributed by atoms with Crippen LogP contribution in [-0.4, -0.2) is 20.7 Å². The van der Waals surface area contributed by atoms with E-state index in [1.54, 1.807) is 0 Å². The van der Waals surface area contributed by atoms with Crippen LogP contribution >= 0.6 is 0 Å². The van der Waals surface area contributed by atoms with Crippen LogP contribution in [0.25, 0.3) is 0 Å². The third-order valence-corrected chi connectivity index (χ3v) is 3.10. The quantitative estimate of drug-likeness (QED) is 0.523. The van der Waals surface area contributed by atoms with E-state index in [2.05, 4.69) is 5.32 Å². The van der Waals surface area contributed by atoms with Crippen LogP contribution in [-0.2, 0) is 10.0 Å². The Labute approximate surface area is 95.9 Å². The molecular formula is C10H17N3O2S. The van der Waals surface area contributed by atoms with E-state index in [1.807, 2.05) is 25.1 Å². The molecule has 16 heavy (non-hydrogen) atoms. The first-order valence-corrected chi connectivity index (χ1v) is 6.71. The van der Waals surface area contributed by atoms with Crippen LogP contribution in [0.2, 0.25) is 0 Å². The Hall–Kier alpha value is -1.27. The zero-order chi connectivity index (χ0) is 12.2. The lowest BCUT2D eigenvalue weighted by atomic mass is 10.2. The van der Waals surface area contributed by atoms with Crippen LogP contribution in [0, 0.1) is 6.92 Å². The molecule has 5 N–H and O–H groups in total. The first-order chi connectivity index (χ1) is 7.40. The average molecular weight is 243 g/mol. The zero-order valence-electron chi connectivity index (χ0n) is 9.23. The largest absolute Gasteiger partial charge is 0.397 e. The van der Waals surface area contributed by atoms with Gasteiger partial charge in [-0.25, -0.2) is 13.6 Å². The van der Waals surface area contributed by atoms with Crippen molar-refractivity contribution in [3.63, 3.8) is 0 Å². The summed E-state index contributed by atoms with van der Waals surface area (Å²) in [4.78, 5) is 0. The van der Waals surface area contributed by atoms with E-state index in [4.69, 9.17) is 10.9 Å². The Kier molecular flexibility index (Phi) is 4.14. The first kappa shape index (κ1) is 12.8. The Bertz CT molecular complexity index is 457. The van der Waals surface area contributed by atoms with E-state index in [-0.39, 0.29) is 5.75 Å². The maximum Gasteiger partial charge on any atom is 0.209 e. The molecule has 90 valence electrons. The number of hydrogen-bond donors (Lipinski definition) is 3. The van der Waals surface area contributed by atoms with Gasteiger partial charge in [-0.1, -0.05) is 12.1 Å². The molecule has 5 nitrogen and oxygen atoms in total. The highest BCUT2D eigenvalue weighted by Gasteiger charge is 2.03. The lowest BCUT2D eigenvalue weighted by molar-refractivity contribution is 0.596. The number of aryl methyl sites for hydroxylation is 1. The molecule has 0 aliphatic heterocycles. The predicted octanol–water partition coefficient (Wildman–Crippen LogP) is 0.668. The number of anilines is 2. The molecule has 0 radical (unpaired) electrons. The number of benzene rings is 1. The smallest absolute Gasteiger partial charge is 0.209 e. The molecule has 0 aromatic heterocycles. The summed E-state index contributed by atoms with van der Waals surface area (Å²) in [6.45, 7) is 2.45. The van der Waals surface area contributed by atoms with Crippen LogP contribution in [0.3, 0.4) is 0 Å². The zero-order valence-corrected chi connectivity index (χ0v) is 10.0. The maximum atomic E-state index is 10.7. The standard InChI is InChI=1S/C10H17N3O2S/c1-8-4-2-5-9(10(8)11)13-6-3-7-16(12,14)15/h2,4-5,13H,3,6-7,11H2,1H3,(H2,12,14,15). The van der Waals surface area contributed by atoms with Crippen LogP contribution in [0.1, 0.15) is 12.0 Å². The second kappa shape index (κ2) is 5.18. The topological polar surface area (TPSA) is 98.2 Å². The lowest BCUT2D eigenvalue weighted by Gasteiger charge is -2.10. The fraction of sp³-hybridized carbons (Fsp3) is 0.400. The van der Waals surface area contributed by atoms with Gasteiger partial charge in [0.1, 0.15) is 0 Å². The predicted molar refractivity (Wildman–Crippen MR) is 66.7 cm³/mol. The van der Waals surface area contributed by atoms with E-state index in [0.29, 0.717) is 18.7 Å². The van der Waals surface area contributed by atoms with Crippen LogP contribution < -0.4 is 16.2 Å². The molecule has 0 fully saturated rings. The Morgan fingerprint density at radius 1 is 1.38 bits per heavy atom. The van der Waals surface area contributed by atoms with E-state index >= 15 is 0 Å². The lowest BCUT2D eigenvalue weighted by Crippen LogP contribution is -2.18.